The molecule has 1 atom stereocenters. The number of aromatic carboxylic acids is 1. The van der Waals surface area contributed by atoms with Crippen molar-refractivity contribution in [2.45, 2.75) is 20.3 Å². The number of amides is 1. The lowest BCUT2D eigenvalue weighted by atomic mass is 9.89. The predicted molar refractivity (Wildman–Crippen MR) is 70.1 cm³/mol. The number of carboxylic acids is 1. The third-order valence-electron chi connectivity index (χ3n) is 3.67. The van der Waals surface area contributed by atoms with Crippen LogP contribution in [0, 0.1) is 12.3 Å². The molecule has 1 aliphatic heterocycles. The Kier molecular flexibility index (Phi) is 3.18. The minimum Gasteiger partial charge on any atom is -0.478 e. The summed E-state index contributed by atoms with van der Waals surface area (Å²) in [5.74, 6) is -0.588. The molecule has 1 fully saturated rings. The van der Waals surface area contributed by atoms with Crippen LogP contribution < -0.4 is 10.6 Å². The van der Waals surface area contributed by atoms with E-state index in [9.17, 15) is 9.59 Å². The average Bonchev–Trinajstić information content (AvgIpc) is 2.73. The van der Waals surface area contributed by atoms with Gasteiger partial charge >= 0.3 is 5.97 Å². The first-order valence-electron chi connectivity index (χ1n) is 6.08. The number of nitrogens with two attached hydrogens (primary N) is 1. The Hall–Kier alpha value is -2.11. The van der Waals surface area contributed by atoms with Crippen LogP contribution in [0.25, 0.3) is 0 Å². The number of aryl methyl sites for hydroxylation is 1. The second-order valence-electron chi connectivity index (χ2n) is 5.27. The van der Waals surface area contributed by atoms with E-state index in [4.69, 9.17) is 10.8 Å². The van der Waals surface area contributed by atoms with Gasteiger partial charge in [-0.25, -0.2) is 9.78 Å². The van der Waals surface area contributed by atoms with Crippen molar-refractivity contribution in [1.29, 1.82) is 0 Å². The topological polar surface area (TPSA) is 96.5 Å². The number of primary amides is 1. The van der Waals surface area contributed by atoms with Crippen molar-refractivity contribution in [2.24, 2.45) is 11.1 Å². The molecule has 2 rings (SSSR count). The van der Waals surface area contributed by atoms with Crippen LogP contribution in [0.2, 0.25) is 0 Å². The van der Waals surface area contributed by atoms with E-state index in [1.807, 2.05) is 18.7 Å². The highest BCUT2D eigenvalue weighted by atomic mass is 16.4. The molecule has 0 bridgehead atoms. The molecular formula is C13H17N3O3. The lowest BCUT2D eigenvalue weighted by Gasteiger charge is -2.23. The van der Waals surface area contributed by atoms with E-state index < -0.39 is 11.4 Å². The maximum Gasteiger partial charge on any atom is 0.337 e. The molecular weight excluding hydrogens is 246 g/mol. The molecule has 6 heteroatoms. The van der Waals surface area contributed by atoms with E-state index in [0.29, 0.717) is 19.5 Å². The van der Waals surface area contributed by atoms with E-state index in [2.05, 4.69) is 4.98 Å². The molecule has 0 saturated carbocycles. The summed E-state index contributed by atoms with van der Waals surface area (Å²) < 4.78 is 0. The summed E-state index contributed by atoms with van der Waals surface area (Å²) in [7, 11) is 0. The Morgan fingerprint density at radius 1 is 1.53 bits per heavy atom. The molecule has 3 N–H and O–H groups in total. The number of aromatic nitrogens is 1. The molecule has 0 aliphatic carbocycles. The highest BCUT2D eigenvalue weighted by Crippen LogP contribution is 2.33. The Bertz CT molecular complexity index is 544. The van der Waals surface area contributed by atoms with Crippen LogP contribution in [0.4, 0.5) is 5.82 Å². The van der Waals surface area contributed by atoms with Gasteiger partial charge in [-0.2, -0.15) is 0 Å². The summed E-state index contributed by atoms with van der Waals surface area (Å²) in [6, 6.07) is 1.59. The lowest BCUT2D eigenvalue weighted by molar-refractivity contribution is -0.125. The first kappa shape index (κ1) is 13.3. The van der Waals surface area contributed by atoms with Gasteiger partial charge < -0.3 is 15.7 Å². The number of hydrogen-bond acceptors (Lipinski definition) is 4. The Balaban J connectivity index is 2.25. The maximum atomic E-state index is 11.4. The molecule has 6 nitrogen and oxygen atoms in total. The minimum atomic E-state index is -0.995. The fraction of sp³-hybridized carbons (Fsp3) is 0.462. The van der Waals surface area contributed by atoms with Crippen molar-refractivity contribution < 1.29 is 14.7 Å². The van der Waals surface area contributed by atoms with E-state index >= 15 is 0 Å². The van der Waals surface area contributed by atoms with E-state index in [0.717, 1.165) is 11.4 Å². The van der Waals surface area contributed by atoms with Gasteiger partial charge in [0.2, 0.25) is 5.91 Å². The molecule has 0 radical (unpaired) electrons. The smallest absolute Gasteiger partial charge is 0.337 e. The number of carbonyl (C=O) groups excluding carboxylic acids is 1. The van der Waals surface area contributed by atoms with E-state index in [1.54, 1.807) is 6.07 Å². The van der Waals surface area contributed by atoms with Gasteiger partial charge in [0.15, 0.2) is 0 Å². The monoisotopic (exact) mass is 263 g/mol. The zero-order valence-electron chi connectivity index (χ0n) is 11.0. The molecule has 1 aromatic heterocycles. The highest BCUT2D eigenvalue weighted by molar-refractivity contribution is 5.88. The molecule has 0 aromatic carbocycles. The molecule has 19 heavy (non-hydrogen) atoms. The fourth-order valence-corrected chi connectivity index (χ4v) is 2.36. The normalized spacial score (nSPS) is 22.5. The summed E-state index contributed by atoms with van der Waals surface area (Å²) in [6.07, 6.45) is 2.02. The predicted octanol–water partition coefficient (Wildman–Crippen LogP) is 0.790. The molecule has 1 saturated heterocycles. The third-order valence-corrected chi connectivity index (χ3v) is 3.67. The van der Waals surface area contributed by atoms with Crippen molar-refractivity contribution in [1.82, 2.24) is 4.98 Å². The minimum absolute atomic E-state index is 0.165. The van der Waals surface area contributed by atoms with Gasteiger partial charge in [0.25, 0.3) is 0 Å². The molecule has 102 valence electrons. The highest BCUT2D eigenvalue weighted by Gasteiger charge is 2.39. The van der Waals surface area contributed by atoms with Crippen LogP contribution >= 0.6 is 0 Å². The molecule has 1 aliphatic rings. The second kappa shape index (κ2) is 4.53. The number of carboxylic acid groups (broad SMARTS) is 1. The fourth-order valence-electron chi connectivity index (χ4n) is 2.36. The van der Waals surface area contributed by atoms with Crippen LogP contribution in [0.1, 0.15) is 29.3 Å². The SMILES string of the molecule is Cc1cc(C(=O)O)cnc1N1CCC(C)(C(N)=O)C1. The molecule has 1 aromatic rings. The van der Waals surface area contributed by atoms with Crippen LogP contribution in [-0.2, 0) is 4.79 Å². The molecule has 0 spiro atoms. The van der Waals surface area contributed by atoms with Crippen LogP contribution in [-0.4, -0.2) is 35.1 Å². The van der Waals surface area contributed by atoms with Gasteiger partial charge in [0, 0.05) is 19.3 Å². The van der Waals surface area contributed by atoms with E-state index in [1.165, 1.54) is 6.20 Å². The summed E-state index contributed by atoms with van der Waals surface area (Å²) in [5.41, 5.74) is 5.82. The van der Waals surface area contributed by atoms with Gasteiger partial charge in [-0.3, -0.25) is 4.79 Å². The number of pyridine rings is 1. The molecule has 1 amide bonds. The summed E-state index contributed by atoms with van der Waals surface area (Å²) in [6.45, 7) is 4.87. The number of nitrogens with zero attached hydrogens (tertiary/aromatic N) is 2. The van der Waals surface area contributed by atoms with Gasteiger partial charge in [-0.15, -0.1) is 0 Å². The van der Waals surface area contributed by atoms with Gasteiger partial charge in [-0.05, 0) is 31.9 Å². The summed E-state index contributed by atoms with van der Waals surface area (Å²) in [4.78, 5) is 28.5. The number of anilines is 1. The van der Waals surface area contributed by atoms with Gasteiger partial charge in [-0.1, -0.05) is 0 Å². The zero-order valence-corrected chi connectivity index (χ0v) is 11.0. The van der Waals surface area contributed by atoms with Gasteiger partial charge in [0.05, 0.1) is 11.0 Å². The summed E-state index contributed by atoms with van der Waals surface area (Å²) in [5, 5.41) is 8.91. The molecule has 1 unspecified atom stereocenters. The first-order chi connectivity index (χ1) is 8.83. The van der Waals surface area contributed by atoms with Crippen LogP contribution in [0.3, 0.4) is 0 Å². The Morgan fingerprint density at radius 3 is 2.68 bits per heavy atom. The van der Waals surface area contributed by atoms with Crippen molar-refractivity contribution in [3.63, 3.8) is 0 Å². The first-order valence-corrected chi connectivity index (χ1v) is 6.08. The van der Waals surface area contributed by atoms with Crippen LogP contribution in [0.15, 0.2) is 12.3 Å². The Morgan fingerprint density at radius 2 is 2.21 bits per heavy atom. The molecule has 2 heterocycles. The number of carbonyl (C=O) groups is 2. The largest absolute Gasteiger partial charge is 0.478 e. The van der Waals surface area contributed by atoms with Crippen molar-refractivity contribution in [3.8, 4) is 0 Å². The van der Waals surface area contributed by atoms with Crippen molar-refractivity contribution in [3.05, 3.63) is 23.4 Å². The Labute approximate surface area is 111 Å². The standard InChI is InChI=1S/C13H17N3O3/c1-8-5-9(11(17)18)6-15-10(8)16-4-3-13(2,7-16)12(14)19/h5-6H,3-4,7H2,1-2H3,(H2,14,19)(H,17,18). The van der Waals surface area contributed by atoms with E-state index in [-0.39, 0.29) is 11.5 Å². The third kappa shape index (κ3) is 2.38. The number of rotatable bonds is 3. The summed E-state index contributed by atoms with van der Waals surface area (Å²) >= 11 is 0. The lowest BCUT2D eigenvalue weighted by Crippen LogP contribution is -2.37. The van der Waals surface area contributed by atoms with Gasteiger partial charge in [0.1, 0.15) is 5.82 Å². The zero-order chi connectivity index (χ0) is 14.2. The van der Waals surface area contributed by atoms with Crippen LogP contribution in [0.5, 0.6) is 0 Å². The quantitative estimate of drug-likeness (QED) is 0.840. The second-order valence-corrected chi connectivity index (χ2v) is 5.27. The maximum absolute atomic E-state index is 11.4. The number of hydrogen-bond donors (Lipinski definition) is 2. The average molecular weight is 263 g/mol. The van der Waals surface area contributed by atoms with Crippen molar-refractivity contribution in [2.75, 3.05) is 18.0 Å². The van der Waals surface area contributed by atoms with Crippen molar-refractivity contribution >= 4 is 17.7 Å².